The topological polar surface area (TPSA) is 70.6 Å². The average molecular weight is 328 g/mol. The van der Waals surface area contributed by atoms with Crippen molar-refractivity contribution < 1.29 is 14.6 Å². The normalized spacial score (nSPS) is 11.2. The number of hydrogen-bond acceptors (Lipinski definition) is 4. The summed E-state index contributed by atoms with van der Waals surface area (Å²) in [6.45, 7) is 4.63. The van der Waals surface area contributed by atoms with E-state index in [1.165, 1.54) is 0 Å². The number of amides is 1. The summed E-state index contributed by atoms with van der Waals surface area (Å²) in [5.74, 6) is 0.547. The zero-order valence-corrected chi connectivity index (χ0v) is 14.3. The lowest BCUT2D eigenvalue weighted by atomic mass is 10.1. The van der Waals surface area contributed by atoms with E-state index in [9.17, 15) is 9.90 Å². The van der Waals surface area contributed by atoms with E-state index in [0.717, 1.165) is 11.3 Å². The third-order valence-electron chi connectivity index (χ3n) is 3.42. The number of benzene rings is 2. The van der Waals surface area contributed by atoms with Crippen LogP contribution in [-0.2, 0) is 6.54 Å². The summed E-state index contributed by atoms with van der Waals surface area (Å²) in [6.07, 6.45) is 0. The molecule has 0 atom stereocenters. The van der Waals surface area contributed by atoms with E-state index in [1.807, 2.05) is 24.3 Å². The van der Waals surface area contributed by atoms with E-state index in [4.69, 9.17) is 4.74 Å². The third-order valence-corrected chi connectivity index (χ3v) is 3.42. The largest absolute Gasteiger partial charge is 0.497 e. The van der Waals surface area contributed by atoms with Crippen molar-refractivity contribution in [1.82, 2.24) is 5.32 Å². The van der Waals surface area contributed by atoms with Crippen LogP contribution in [0.15, 0.2) is 48.5 Å². The number of ether oxygens (including phenoxy) is 1. The molecule has 0 aromatic heterocycles. The average Bonchev–Trinajstić information content (AvgIpc) is 2.54. The van der Waals surface area contributed by atoms with Gasteiger partial charge >= 0.3 is 0 Å². The molecule has 0 fully saturated rings. The predicted molar refractivity (Wildman–Crippen MR) is 95.4 cm³/mol. The number of methoxy groups -OCH3 is 1. The summed E-state index contributed by atoms with van der Waals surface area (Å²) in [6, 6.07) is 14.6. The lowest BCUT2D eigenvalue weighted by Crippen LogP contribution is -2.34. The number of carbonyl (C=O) groups excluding carboxylic acids is 1. The van der Waals surface area contributed by atoms with Gasteiger partial charge in [0.25, 0.3) is 5.91 Å². The molecule has 5 nitrogen and oxygen atoms in total. The SMILES string of the molecule is COc1ccc(C(=O)Nc2cccc(CNCC(C)(C)O)c2)cc1. The molecular weight excluding hydrogens is 304 g/mol. The molecule has 0 heterocycles. The predicted octanol–water partition coefficient (Wildman–Crippen LogP) is 2.81. The van der Waals surface area contributed by atoms with E-state index in [-0.39, 0.29) is 5.91 Å². The maximum absolute atomic E-state index is 12.3. The van der Waals surface area contributed by atoms with E-state index < -0.39 is 5.60 Å². The monoisotopic (exact) mass is 328 g/mol. The summed E-state index contributed by atoms with van der Waals surface area (Å²) < 4.78 is 5.09. The highest BCUT2D eigenvalue weighted by molar-refractivity contribution is 6.04. The molecule has 0 saturated heterocycles. The quantitative estimate of drug-likeness (QED) is 0.731. The van der Waals surface area contributed by atoms with Crippen LogP contribution < -0.4 is 15.4 Å². The van der Waals surface area contributed by atoms with Crippen molar-refractivity contribution in [3.8, 4) is 5.75 Å². The van der Waals surface area contributed by atoms with Gasteiger partial charge in [0, 0.05) is 24.3 Å². The molecule has 24 heavy (non-hydrogen) atoms. The zero-order chi connectivity index (χ0) is 17.6. The van der Waals surface area contributed by atoms with Crippen molar-refractivity contribution in [1.29, 1.82) is 0 Å². The van der Waals surface area contributed by atoms with Crippen molar-refractivity contribution in [2.45, 2.75) is 26.0 Å². The lowest BCUT2D eigenvalue weighted by Gasteiger charge is -2.17. The van der Waals surface area contributed by atoms with Crippen LogP contribution in [0.1, 0.15) is 29.8 Å². The van der Waals surface area contributed by atoms with Crippen molar-refractivity contribution in [2.24, 2.45) is 0 Å². The molecule has 2 aromatic rings. The minimum absolute atomic E-state index is 0.167. The Morgan fingerprint density at radius 1 is 1.17 bits per heavy atom. The maximum Gasteiger partial charge on any atom is 0.255 e. The molecule has 2 aromatic carbocycles. The Morgan fingerprint density at radius 3 is 2.50 bits per heavy atom. The Hall–Kier alpha value is -2.37. The highest BCUT2D eigenvalue weighted by atomic mass is 16.5. The smallest absolute Gasteiger partial charge is 0.255 e. The first-order valence-electron chi connectivity index (χ1n) is 7.85. The maximum atomic E-state index is 12.3. The van der Waals surface area contributed by atoms with Gasteiger partial charge in [0.15, 0.2) is 0 Å². The second-order valence-electron chi connectivity index (χ2n) is 6.30. The van der Waals surface area contributed by atoms with Crippen molar-refractivity contribution in [3.63, 3.8) is 0 Å². The van der Waals surface area contributed by atoms with Gasteiger partial charge in [-0.2, -0.15) is 0 Å². The van der Waals surface area contributed by atoms with E-state index in [0.29, 0.717) is 24.4 Å². The molecule has 2 rings (SSSR count). The van der Waals surface area contributed by atoms with Gasteiger partial charge in [0.05, 0.1) is 12.7 Å². The molecule has 0 spiro atoms. The minimum atomic E-state index is -0.750. The molecule has 5 heteroatoms. The first-order valence-corrected chi connectivity index (χ1v) is 7.85. The summed E-state index contributed by atoms with van der Waals surface area (Å²) >= 11 is 0. The van der Waals surface area contributed by atoms with Gasteiger partial charge in [-0.25, -0.2) is 0 Å². The molecule has 128 valence electrons. The zero-order valence-electron chi connectivity index (χ0n) is 14.3. The van der Waals surface area contributed by atoms with Crippen LogP contribution in [0.3, 0.4) is 0 Å². The van der Waals surface area contributed by atoms with Crippen molar-refractivity contribution in [2.75, 3.05) is 19.0 Å². The molecular formula is C19H24N2O3. The fraction of sp³-hybridized carbons (Fsp3) is 0.316. The number of anilines is 1. The van der Waals surface area contributed by atoms with E-state index in [1.54, 1.807) is 45.2 Å². The second-order valence-corrected chi connectivity index (χ2v) is 6.30. The van der Waals surface area contributed by atoms with Crippen LogP contribution in [0, 0.1) is 0 Å². The van der Waals surface area contributed by atoms with Crippen molar-refractivity contribution >= 4 is 11.6 Å². The van der Waals surface area contributed by atoms with E-state index in [2.05, 4.69) is 10.6 Å². The van der Waals surface area contributed by atoms with Gasteiger partial charge in [-0.15, -0.1) is 0 Å². The Bertz CT molecular complexity index is 676. The fourth-order valence-electron chi connectivity index (χ4n) is 2.22. The molecule has 0 aliphatic heterocycles. The number of aliphatic hydroxyl groups is 1. The van der Waals surface area contributed by atoms with Crippen LogP contribution in [0.25, 0.3) is 0 Å². The van der Waals surface area contributed by atoms with Gasteiger partial charge in [-0.1, -0.05) is 12.1 Å². The number of rotatable bonds is 7. The molecule has 1 amide bonds. The fourth-order valence-corrected chi connectivity index (χ4v) is 2.22. The Labute approximate surface area is 142 Å². The Morgan fingerprint density at radius 2 is 1.88 bits per heavy atom. The summed E-state index contributed by atoms with van der Waals surface area (Å²) in [5, 5.41) is 15.8. The third kappa shape index (κ3) is 5.68. The van der Waals surface area contributed by atoms with Crippen molar-refractivity contribution in [3.05, 3.63) is 59.7 Å². The number of hydrogen-bond donors (Lipinski definition) is 3. The first-order chi connectivity index (χ1) is 11.4. The molecule has 0 aliphatic carbocycles. The molecule has 0 bridgehead atoms. The van der Waals surface area contributed by atoms with Gasteiger partial charge < -0.3 is 20.5 Å². The van der Waals surface area contributed by atoms with Crippen LogP contribution in [-0.4, -0.2) is 30.3 Å². The van der Waals surface area contributed by atoms with Crippen LogP contribution in [0.2, 0.25) is 0 Å². The van der Waals surface area contributed by atoms with E-state index >= 15 is 0 Å². The van der Waals surface area contributed by atoms with Crippen LogP contribution in [0.5, 0.6) is 5.75 Å². The molecule has 3 N–H and O–H groups in total. The molecule has 0 radical (unpaired) electrons. The summed E-state index contributed by atoms with van der Waals surface area (Å²) in [7, 11) is 1.59. The molecule has 0 aliphatic rings. The van der Waals surface area contributed by atoms with Gasteiger partial charge in [-0.3, -0.25) is 4.79 Å². The highest BCUT2D eigenvalue weighted by Crippen LogP contribution is 2.15. The first kappa shape index (κ1) is 18.0. The van der Waals surface area contributed by atoms with Crippen LogP contribution in [0.4, 0.5) is 5.69 Å². The second kappa shape index (κ2) is 7.95. The lowest BCUT2D eigenvalue weighted by molar-refractivity contribution is 0.0795. The number of nitrogens with one attached hydrogen (secondary N) is 2. The molecule has 0 unspecified atom stereocenters. The highest BCUT2D eigenvalue weighted by Gasteiger charge is 2.11. The Kier molecular flexibility index (Phi) is 5.95. The van der Waals surface area contributed by atoms with Gasteiger partial charge in [-0.05, 0) is 55.8 Å². The van der Waals surface area contributed by atoms with Gasteiger partial charge in [0.2, 0.25) is 0 Å². The number of carbonyl (C=O) groups is 1. The van der Waals surface area contributed by atoms with Gasteiger partial charge in [0.1, 0.15) is 5.75 Å². The minimum Gasteiger partial charge on any atom is -0.497 e. The molecule has 0 saturated carbocycles. The standard InChI is InChI=1S/C19H24N2O3/c1-19(2,23)13-20-12-14-5-4-6-16(11-14)21-18(22)15-7-9-17(24-3)10-8-15/h4-11,20,23H,12-13H2,1-3H3,(H,21,22). The Balaban J connectivity index is 1.96. The summed E-state index contributed by atoms with van der Waals surface area (Å²) in [5.41, 5.74) is 1.59. The summed E-state index contributed by atoms with van der Waals surface area (Å²) in [4.78, 5) is 12.3. The van der Waals surface area contributed by atoms with Crippen LogP contribution >= 0.6 is 0 Å².